The van der Waals surface area contributed by atoms with Crippen molar-refractivity contribution in [3.05, 3.63) is 29.8 Å². The van der Waals surface area contributed by atoms with Crippen molar-refractivity contribution in [3.63, 3.8) is 0 Å². The van der Waals surface area contributed by atoms with Crippen molar-refractivity contribution < 1.29 is 29.3 Å². The number of carboxylic acids is 1. The van der Waals surface area contributed by atoms with Crippen molar-refractivity contribution in [1.29, 1.82) is 0 Å². The largest absolute Gasteiger partial charge is 0.479 e. The second-order valence-corrected chi connectivity index (χ2v) is 7.60. The topological polar surface area (TPSA) is 116 Å². The van der Waals surface area contributed by atoms with Crippen LogP contribution in [-0.2, 0) is 20.7 Å². The minimum absolute atomic E-state index is 0.00918. The van der Waals surface area contributed by atoms with Gasteiger partial charge in [-0.1, -0.05) is 18.2 Å². The van der Waals surface area contributed by atoms with Crippen LogP contribution in [-0.4, -0.2) is 52.5 Å². The summed E-state index contributed by atoms with van der Waals surface area (Å²) in [5.74, 6) is -1.64. The number of carboxylic acid groups (broad SMARTS) is 2. The number of nitrogens with one attached hydrogen (secondary N) is 1. The highest BCUT2D eigenvalue weighted by Gasteiger charge is 2.55. The van der Waals surface area contributed by atoms with Gasteiger partial charge in [-0.3, -0.25) is 15.0 Å². The van der Waals surface area contributed by atoms with Crippen LogP contribution in [0.15, 0.2) is 24.3 Å². The summed E-state index contributed by atoms with van der Waals surface area (Å²) < 4.78 is 4.89. The van der Waals surface area contributed by atoms with E-state index in [0.717, 1.165) is 30.5 Å². The zero-order valence-electron chi connectivity index (χ0n) is 14.8. The summed E-state index contributed by atoms with van der Waals surface area (Å²) in [6, 6.07) is 7.40. The lowest BCUT2D eigenvalue weighted by Gasteiger charge is -2.39. The van der Waals surface area contributed by atoms with Crippen LogP contribution in [0.1, 0.15) is 31.2 Å². The first kappa shape index (κ1) is 17.8. The van der Waals surface area contributed by atoms with Gasteiger partial charge < -0.3 is 14.9 Å². The van der Waals surface area contributed by atoms with Crippen LogP contribution in [0.3, 0.4) is 0 Å². The molecule has 27 heavy (non-hydrogen) atoms. The van der Waals surface area contributed by atoms with Gasteiger partial charge in [-0.15, -0.1) is 0 Å². The zero-order valence-corrected chi connectivity index (χ0v) is 14.8. The van der Waals surface area contributed by atoms with E-state index >= 15 is 0 Å². The molecule has 4 rings (SSSR count). The first-order chi connectivity index (χ1) is 12.9. The molecule has 0 saturated heterocycles. The van der Waals surface area contributed by atoms with Crippen LogP contribution in [0.4, 0.5) is 10.5 Å². The second-order valence-electron chi connectivity index (χ2n) is 7.60. The van der Waals surface area contributed by atoms with Gasteiger partial charge in [-0.05, 0) is 49.7 Å². The van der Waals surface area contributed by atoms with Crippen molar-refractivity contribution >= 4 is 23.7 Å². The van der Waals surface area contributed by atoms with E-state index < -0.39 is 30.2 Å². The Balaban J connectivity index is 1.52. The molecule has 1 aliphatic heterocycles. The third-order valence-electron chi connectivity index (χ3n) is 5.96. The highest BCUT2D eigenvalue weighted by atomic mass is 16.6. The molecule has 0 radical (unpaired) electrons. The average Bonchev–Trinajstić information content (AvgIpc) is 3.32. The van der Waals surface area contributed by atoms with Crippen molar-refractivity contribution in [1.82, 2.24) is 5.32 Å². The molecule has 2 fully saturated rings. The molecule has 2 saturated carbocycles. The fraction of sp³-hybridized carbons (Fsp3) is 0.526. The number of hydrogen-bond acceptors (Lipinski definition) is 5. The summed E-state index contributed by atoms with van der Waals surface area (Å²) in [4.78, 5) is 36.3. The molecule has 0 bridgehead atoms. The molecule has 144 valence electrons. The summed E-state index contributed by atoms with van der Waals surface area (Å²) >= 11 is 0. The predicted octanol–water partition coefficient (Wildman–Crippen LogP) is 1.62. The molecule has 8 nitrogen and oxygen atoms in total. The molecule has 3 aliphatic rings. The molecule has 3 unspecified atom stereocenters. The number of esters is 1. The molecule has 3 atom stereocenters. The number of amides is 1. The average molecular weight is 374 g/mol. The number of carbonyl (C=O) groups excluding carboxylic acids is 1. The molecule has 1 heterocycles. The van der Waals surface area contributed by atoms with Crippen LogP contribution < -0.4 is 10.2 Å². The van der Waals surface area contributed by atoms with Gasteiger partial charge >= 0.3 is 18.0 Å². The number of benzene rings is 1. The Kier molecular flexibility index (Phi) is 4.30. The van der Waals surface area contributed by atoms with Gasteiger partial charge in [0.1, 0.15) is 5.54 Å². The van der Waals surface area contributed by atoms with Gasteiger partial charge in [-0.2, -0.15) is 0 Å². The van der Waals surface area contributed by atoms with Crippen LogP contribution in [0.2, 0.25) is 0 Å². The second kappa shape index (κ2) is 6.53. The van der Waals surface area contributed by atoms with Crippen LogP contribution >= 0.6 is 0 Å². The fourth-order valence-electron chi connectivity index (χ4n) is 4.57. The van der Waals surface area contributed by atoms with Crippen molar-refractivity contribution in [2.45, 2.75) is 49.7 Å². The van der Waals surface area contributed by atoms with Gasteiger partial charge in [0, 0.05) is 12.1 Å². The van der Waals surface area contributed by atoms with E-state index in [1.54, 1.807) is 0 Å². The summed E-state index contributed by atoms with van der Waals surface area (Å²) in [7, 11) is 0. The zero-order chi connectivity index (χ0) is 19.2. The van der Waals surface area contributed by atoms with Crippen LogP contribution in [0.5, 0.6) is 0 Å². The lowest BCUT2D eigenvalue weighted by molar-refractivity contribution is -0.157. The van der Waals surface area contributed by atoms with Gasteiger partial charge in [0.05, 0.1) is 5.69 Å². The first-order valence-electron chi connectivity index (χ1n) is 9.18. The highest BCUT2D eigenvalue weighted by Crippen LogP contribution is 2.45. The first-order valence-corrected chi connectivity index (χ1v) is 9.18. The minimum atomic E-state index is -1.18. The number of para-hydroxylation sites is 1. The van der Waals surface area contributed by atoms with Gasteiger partial charge in [0.15, 0.2) is 6.61 Å². The van der Waals surface area contributed by atoms with Crippen molar-refractivity contribution in [3.8, 4) is 0 Å². The van der Waals surface area contributed by atoms with E-state index in [1.165, 1.54) is 4.90 Å². The molecule has 3 N–H and O–H groups in total. The maximum atomic E-state index is 12.3. The van der Waals surface area contributed by atoms with Gasteiger partial charge in [-0.25, -0.2) is 9.59 Å². The summed E-state index contributed by atoms with van der Waals surface area (Å²) in [5, 5.41) is 21.8. The molecule has 1 aromatic carbocycles. The van der Waals surface area contributed by atoms with Crippen LogP contribution in [0, 0.1) is 5.92 Å². The molecular formula is C19H22N2O6. The Morgan fingerprint density at radius 3 is 2.59 bits per heavy atom. The standard InChI is InChI=1S/C19H22N2O6/c22-16(23)10-27-17(24)19(7-8-19)20-13-5-6-15-12(13)9-11-3-1-2-4-14(11)21(15)18(25)26/h1-4,12-13,15,20H,5-10H2,(H,22,23)(H,25,26). The molecular weight excluding hydrogens is 352 g/mol. The SMILES string of the molecule is O=C(O)COC(=O)C1(NC2CCC3C2Cc2ccccc2N3C(=O)O)CC1. The molecule has 1 aromatic rings. The molecule has 0 spiro atoms. The molecule has 0 aromatic heterocycles. The van der Waals surface area contributed by atoms with Gasteiger partial charge in [0.25, 0.3) is 0 Å². The smallest absolute Gasteiger partial charge is 0.412 e. The molecule has 1 amide bonds. The number of anilines is 1. The predicted molar refractivity (Wildman–Crippen MR) is 94.6 cm³/mol. The Bertz CT molecular complexity index is 790. The quantitative estimate of drug-likeness (QED) is 0.671. The monoisotopic (exact) mass is 374 g/mol. The number of carbonyl (C=O) groups is 3. The number of ether oxygens (including phenoxy) is 1. The Morgan fingerprint density at radius 2 is 1.93 bits per heavy atom. The van der Waals surface area contributed by atoms with Gasteiger partial charge in [0.2, 0.25) is 0 Å². The van der Waals surface area contributed by atoms with E-state index in [9.17, 15) is 19.5 Å². The number of rotatable bonds is 5. The third kappa shape index (κ3) is 3.14. The number of hydrogen-bond donors (Lipinski definition) is 3. The Labute approximate surface area is 156 Å². The normalized spacial score (nSPS) is 27.4. The Morgan fingerprint density at radius 1 is 1.19 bits per heavy atom. The summed E-state index contributed by atoms with van der Waals surface area (Å²) in [6.45, 7) is -0.640. The number of fused-ring (bicyclic) bond motifs is 2. The van der Waals surface area contributed by atoms with E-state index in [4.69, 9.17) is 9.84 Å². The lowest BCUT2D eigenvalue weighted by Crippen LogP contribution is -2.53. The van der Waals surface area contributed by atoms with E-state index in [-0.39, 0.29) is 18.0 Å². The fourth-order valence-corrected chi connectivity index (χ4v) is 4.57. The summed E-state index contributed by atoms with van der Waals surface area (Å²) in [5.41, 5.74) is 0.919. The van der Waals surface area contributed by atoms with Crippen molar-refractivity contribution in [2.75, 3.05) is 11.5 Å². The maximum Gasteiger partial charge on any atom is 0.412 e. The lowest BCUT2D eigenvalue weighted by atomic mass is 9.85. The third-order valence-corrected chi connectivity index (χ3v) is 5.96. The van der Waals surface area contributed by atoms with E-state index in [1.807, 2.05) is 24.3 Å². The number of nitrogens with zero attached hydrogens (tertiary/aromatic N) is 1. The molecule has 2 aliphatic carbocycles. The van der Waals surface area contributed by atoms with Crippen molar-refractivity contribution in [2.24, 2.45) is 5.92 Å². The van der Waals surface area contributed by atoms with E-state index in [0.29, 0.717) is 12.8 Å². The maximum absolute atomic E-state index is 12.3. The molecule has 8 heteroatoms. The van der Waals surface area contributed by atoms with Crippen LogP contribution in [0.25, 0.3) is 0 Å². The Hall–Kier alpha value is -2.61. The minimum Gasteiger partial charge on any atom is -0.479 e. The number of aliphatic carboxylic acids is 1. The highest BCUT2D eigenvalue weighted by molar-refractivity contribution is 5.89. The van der Waals surface area contributed by atoms with E-state index in [2.05, 4.69) is 5.32 Å². The summed E-state index contributed by atoms with van der Waals surface area (Å²) in [6.07, 6.45) is 2.50.